The van der Waals surface area contributed by atoms with Gasteiger partial charge in [-0.3, -0.25) is 14.7 Å². The monoisotopic (exact) mass is 276 g/mol. The minimum absolute atomic E-state index is 0.0641. The summed E-state index contributed by atoms with van der Waals surface area (Å²) in [5, 5.41) is 8.77. The lowest BCUT2D eigenvalue weighted by Crippen LogP contribution is -2.23. The summed E-state index contributed by atoms with van der Waals surface area (Å²) in [7, 11) is 0. The van der Waals surface area contributed by atoms with Crippen LogP contribution in [0.4, 0.5) is 4.39 Å². The molecule has 1 heterocycles. The van der Waals surface area contributed by atoms with Crippen molar-refractivity contribution in [3.63, 3.8) is 0 Å². The first-order chi connectivity index (χ1) is 9.56. The summed E-state index contributed by atoms with van der Waals surface area (Å²) in [5.74, 6) is -0.745. The molecule has 0 bridgehead atoms. The fraction of sp³-hybridized carbons (Fsp3) is 0.154. The topological polar surface area (TPSA) is 90.1 Å². The van der Waals surface area contributed by atoms with E-state index in [9.17, 15) is 14.0 Å². The number of aryl methyl sites for hydroxylation is 1. The van der Waals surface area contributed by atoms with Crippen LogP contribution in [0.25, 0.3) is 0 Å². The maximum atomic E-state index is 12.7. The quantitative estimate of drug-likeness (QED) is 0.570. The van der Waals surface area contributed by atoms with Crippen molar-refractivity contribution < 1.29 is 9.18 Å². The zero-order valence-corrected chi connectivity index (χ0v) is 10.7. The molecule has 0 fully saturated rings. The molecule has 1 aromatic heterocycles. The zero-order valence-electron chi connectivity index (χ0n) is 10.7. The second-order valence-corrected chi connectivity index (χ2v) is 4.20. The predicted molar refractivity (Wildman–Crippen MR) is 72.0 cm³/mol. The summed E-state index contributed by atoms with van der Waals surface area (Å²) < 4.78 is 12.7. The van der Waals surface area contributed by atoms with Crippen molar-refractivity contribution in [3.05, 3.63) is 57.3 Å². The van der Waals surface area contributed by atoms with Gasteiger partial charge < -0.3 is 5.10 Å². The molecule has 6 nitrogen and oxygen atoms in total. The number of amides is 1. The first-order valence-electron chi connectivity index (χ1n) is 5.90. The first-order valence-corrected chi connectivity index (χ1v) is 5.90. The van der Waals surface area contributed by atoms with Crippen molar-refractivity contribution in [2.75, 3.05) is 0 Å². The van der Waals surface area contributed by atoms with Crippen LogP contribution in [-0.4, -0.2) is 22.3 Å². The normalized spacial score (nSPS) is 10.9. The Labute approximate surface area is 113 Å². The van der Waals surface area contributed by atoms with Gasteiger partial charge in [0.1, 0.15) is 5.82 Å². The second kappa shape index (κ2) is 5.96. The molecule has 0 aliphatic heterocycles. The Kier molecular flexibility index (Phi) is 4.09. The number of H-pyrrole nitrogens is 2. The Morgan fingerprint density at radius 2 is 2.05 bits per heavy atom. The van der Waals surface area contributed by atoms with E-state index in [0.717, 1.165) is 0 Å². The number of carbonyl (C=O) groups excluding carboxylic acids is 1. The van der Waals surface area contributed by atoms with Crippen LogP contribution < -0.4 is 11.0 Å². The Morgan fingerprint density at radius 3 is 2.65 bits per heavy atom. The van der Waals surface area contributed by atoms with Crippen molar-refractivity contribution in [3.8, 4) is 0 Å². The molecule has 2 aromatic rings. The van der Waals surface area contributed by atoms with Gasteiger partial charge >= 0.3 is 0 Å². The lowest BCUT2D eigenvalue weighted by Gasteiger charge is -1.98. The highest BCUT2D eigenvalue weighted by atomic mass is 19.1. The van der Waals surface area contributed by atoms with Crippen molar-refractivity contribution in [1.29, 1.82) is 0 Å². The first kappa shape index (κ1) is 13.7. The number of carbonyl (C=O) groups is 1. The maximum absolute atomic E-state index is 12.7. The Bertz CT molecular complexity index is 685. The number of nitrogens with one attached hydrogen (secondary N) is 3. The Hall–Kier alpha value is -2.70. The van der Waals surface area contributed by atoms with Crippen molar-refractivity contribution in [2.24, 2.45) is 5.10 Å². The van der Waals surface area contributed by atoms with Crippen LogP contribution >= 0.6 is 0 Å². The van der Waals surface area contributed by atoms with Crippen LogP contribution in [0.1, 0.15) is 16.8 Å². The van der Waals surface area contributed by atoms with Gasteiger partial charge in [0.15, 0.2) is 0 Å². The fourth-order valence-electron chi connectivity index (χ4n) is 1.61. The van der Waals surface area contributed by atoms with E-state index in [-0.39, 0.29) is 17.8 Å². The smallest absolute Gasteiger partial charge is 0.267 e. The third kappa shape index (κ3) is 3.41. The Balaban J connectivity index is 1.92. The van der Waals surface area contributed by atoms with Crippen molar-refractivity contribution in [1.82, 2.24) is 15.6 Å². The Morgan fingerprint density at radius 1 is 1.35 bits per heavy atom. The average molecular weight is 276 g/mol. The molecule has 0 radical (unpaired) electrons. The van der Waals surface area contributed by atoms with Gasteiger partial charge in [0, 0.05) is 11.3 Å². The number of rotatable bonds is 4. The van der Waals surface area contributed by atoms with Crippen LogP contribution in [0.3, 0.4) is 0 Å². The summed E-state index contributed by atoms with van der Waals surface area (Å²) in [4.78, 5) is 23.0. The average Bonchev–Trinajstić information content (AvgIpc) is 2.73. The highest BCUT2D eigenvalue weighted by Gasteiger charge is 2.10. The minimum Gasteiger partial charge on any atom is -0.302 e. The van der Waals surface area contributed by atoms with Gasteiger partial charge in [-0.25, -0.2) is 9.82 Å². The second-order valence-electron chi connectivity index (χ2n) is 4.20. The van der Waals surface area contributed by atoms with Crippen LogP contribution in [0.5, 0.6) is 0 Å². The number of hydrazone groups is 1. The highest BCUT2D eigenvalue weighted by Crippen LogP contribution is 2.00. The molecule has 1 aromatic carbocycles. The van der Waals surface area contributed by atoms with Crippen LogP contribution in [0, 0.1) is 12.7 Å². The predicted octanol–water partition coefficient (Wildman–Crippen LogP) is 0.843. The third-order valence-corrected chi connectivity index (χ3v) is 2.70. The van der Waals surface area contributed by atoms with Crippen molar-refractivity contribution in [2.45, 2.75) is 13.3 Å². The molecule has 0 aliphatic carbocycles. The molecule has 0 aliphatic rings. The number of nitrogens with zero attached hydrogens (tertiary/aromatic N) is 1. The summed E-state index contributed by atoms with van der Waals surface area (Å²) in [6, 6.07) is 5.66. The van der Waals surface area contributed by atoms with Crippen molar-refractivity contribution >= 4 is 12.1 Å². The van der Waals surface area contributed by atoms with E-state index in [1.54, 1.807) is 6.92 Å². The van der Waals surface area contributed by atoms with Gasteiger partial charge in [-0.1, -0.05) is 12.1 Å². The van der Waals surface area contributed by atoms with Crippen LogP contribution in [-0.2, 0) is 11.2 Å². The summed E-state index contributed by atoms with van der Waals surface area (Å²) in [6.45, 7) is 1.70. The van der Waals surface area contributed by atoms with Crippen LogP contribution in [0.15, 0.2) is 34.2 Å². The van der Waals surface area contributed by atoms with Crippen LogP contribution in [0.2, 0.25) is 0 Å². The molecule has 0 spiro atoms. The number of benzene rings is 1. The molecule has 1 amide bonds. The van der Waals surface area contributed by atoms with E-state index < -0.39 is 5.91 Å². The largest absolute Gasteiger partial charge is 0.302 e. The summed E-state index contributed by atoms with van der Waals surface area (Å²) in [6.07, 6.45) is 1.33. The molecule has 0 saturated carbocycles. The SMILES string of the molecule is Cc1[nH][nH]c(=O)c1CC(=O)N/N=C/c1ccc(F)cc1. The minimum atomic E-state index is -0.406. The molecule has 0 saturated heterocycles. The lowest BCUT2D eigenvalue weighted by atomic mass is 10.2. The van der Waals surface area contributed by atoms with Gasteiger partial charge in [-0.2, -0.15) is 5.10 Å². The lowest BCUT2D eigenvalue weighted by molar-refractivity contribution is -0.120. The van der Waals surface area contributed by atoms with E-state index in [2.05, 4.69) is 20.7 Å². The van der Waals surface area contributed by atoms with Gasteiger partial charge in [0.05, 0.1) is 12.6 Å². The van der Waals surface area contributed by atoms with E-state index in [1.807, 2.05) is 0 Å². The number of aromatic nitrogens is 2. The summed E-state index contributed by atoms with van der Waals surface area (Å²) >= 11 is 0. The number of hydrogen-bond acceptors (Lipinski definition) is 3. The standard InChI is InChI=1S/C13H13FN4O2/c1-8-11(13(20)18-16-8)6-12(19)17-15-7-9-2-4-10(14)5-3-9/h2-5,7H,6H2,1H3,(H,17,19)(H2,16,18,20)/b15-7+. The fourth-order valence-corrected chi connectivity index (χ4v) is 1.61. The zero-order chi connectivity index (χ0) is 14.5. The number of halogens is 1. The molecular formula is C13H13FN4O2. The van der Waals surface area contributed by atoms with E-state index in [4.69, 9.17) is 0 Å². The molecule has 2 rings (SSSR count). The number of aromatic amines is 2. The molecule has 0 unspecified atom stereocenters. The molecule has 0 atom stereocenters. The molecule has 104 valence electrons. The van der Waals surface area contributed by atoms with Gasteiger partial charge in [-0.05, 0) is 24.6 Å². The molecular weight excluding hydrogens is 263 g/mol. The maximum Gasteiger partial charge on any atom is 0.267 e. The molecule has 3 N–H and O–H groups in total. The highest BCUT2D eigenvalue weighted by molar-refractivity contribution is 5.83. The van der Waals surface area contributed by atoms with E-state index in [1.165, 1.54) is 30.5 Å². The number of hydrogen-bond donors (Lipinski definition) is 3. The van der Waals surface area contributed by atoms with E-state index in [0.29, 0.717) is 16.8 Å². The van der Waals surface area contributed by atoms with Gasteiger partial charge in [-0.15, -0.1) is 0 Å². The van der Waals surface area contributed by atoms with Gasteiger partial charge in [0.25, 0.3) is 5.56 Å². The third-order valence-electron chi connectivity index (χ3n) is 2.70. The summed E-state index contributed by atoms with van der Waals surface area (Å²) in [5.41, 5.74) is 3.64. The van der Waals surface area contributed by atoms with Gasteiger partial charge in [0.2, 0.25) is 5.91 Å². The molecule has 7 heteroatoms. The molecule has 20 heavy (non-hydrogen) atoms. The van der Waals surface area contributed by atoms with E-state index >= 15 is 0 Å².